The van der Waals surface area contributed by atoms with E-state index in [1.165, 1.54) is 7.11 Å². The van der Waals surface area contributed by atoms with Gasteiger partial charge in [0.15, 0.2) is 0 Å². The van der Waals surface area contributed by atoms with Gasteiger partial charge >= 0.3 is 12.1 Å². The normalized spacial score (nSPS) is 21.2. The maximum absolute atomic E-state index is 12.2. The van der Waals surface area contributed by atoms with Crippen molar-refractivity contribution in [1.82, 2.24) is 10.2 Å². The van der Waals surface area contributed by atoms with Crippen LogP contribution in [0, 0.1) is 0 Å². The van der Waals surface area contributed by atoms with Gasteiger partial charge in [-0.3, -0.25) is 10.1 Å². The van der Waals surface area contributed by atoms with Crippen LogP contribution in [0.25, 0.3) is 0 Å². The molecule has 0 atom stereocenters. The molecule has 0 bridgehead atoms. The van der Waals surface area contributed by atoms with Crippen molar-refractivity contribution in [1.29, 1.82) is 0 Å². The first-order chi connectivity index (χ1) is 7.79. The molecule has 7 heteroatoms. The van der Waals surface area contributed by atoms with E-state index in [4.69, 9.17) is 0 Å². The van der Waals surface area contributed by atoms with E-state index in [0.717, 1.165) is 0 Å². The summed E-state index contributed by atoms with van der Waals surface area (Å²) in [6.07, 6.45) is -3.68. The van der Waals surface area contributed by atoms with E-state index in [-0.39, 0.29) is 0 Å². The molecule has 17 heavy (non-hydrogen) atoms. The molecule has 100 valence electrons. The summed E-state index contributed by atoms with van der Waals surface area (Å²) in [5.74, 6) is -0.616. The van der Waals surface area contributed by atoms with E-state index in [2.05, 4.69) is 10.1 Å². The highest BCUT2D eigenvalue weighted by molar-refractivity contribution is 5.81. The van der Waals surface area contributed by atoms with Gasteiger partial charge in [0.25, 0.3) is 0 Å². The Balaban J connectivity index is 2.70. The number of piperidine rings is 1. The van der Waals surface area contributed by atoms with Crippen molar-refractivity contribution in [3.05, 3.63) is 0 Å². The van der Waals surface area contributed by atoms with E-state index in [9.17, 15) is 18.0 Å². The summed E-state index contributed by atoms with van der Waals surface area (Å²) < 4.78 is 41.2. The molecule has 0 spiro atoms. The monoisotopic (exact) mass is 254 g/mol. The summed E-state index contributed by atoms with van der Waals surface area (Å²) in [7, 11) is 3.06. The van der Waals surface area contributed by atoms with Crippen LogP contribution in [-0.4, -0.2) is 56.4 Å². The Hall–Kier alpha value is -0.820. The van der Waals surface area contributed by atoms with Gasteiger partial charge in [0.1, 0.15) is 5.54 Å². The Morgan fingerprint density at radius 2 is 1.94 bits per heavy atom. The van der Waals surface area contributed by atoms with Crippen LogP contribution >= 0.6 is 0 Å². The van der Waals surface area contributed by atoms with E-state index in [1.807, 2.05) is 11.9 Å². The number of nitrogens with one attached hydrogen (secondary N) is 1. The first kappa shape index (κ1) is 14.2. The molecule has 1 saturated heterocycles. The van der Waals surface area contributed by atoms with Crippen molar-refractivity contribution >= 4 is 5.97 Å². The van der Waals surface area contributed by atoms with Crippen molar-refractivity contribution in [3.8, 4) is 0 Å². The van der Waals surface area contributed by atoms with E-state index in [1.54, 1.807) is 0 Å². The minimum Gasteiger partial charge on any atom is -0.468 e. The Morgan fingerprint density at radius 1 is 1.41 bits per heavy atom. The van der Waals surface area contributed by atoms with E-state index >= 15 is 0 Å². The standard InChI is InChI=1S/C10H17F3N2O2/c1-15-5-3-9(4-6-15,8(16)17-2)14-7-10(11,12)13/h14H,3-7H2,1-2H3. The third-order valence-electron chi connectivity index (χ3n) is 3.04. The second-order valence-electron chi connectivity index (χ2n) is 4.35. The van der Waals surface area contributed by atoms with Crippen molar-refractivity contribution in [3.63, 3.8) is 0 Å². The van der Waals surface area contributed by atoms with Crippen LogP contribution in [0.5, 0.6) is 0 Å². The number of alkyl halides is 3. The number of halogens is 3. The van der Waals surface area contributed by atoms with Gasteiger partial charge < -0.3 is 9.64 Å². The number of likely N-dealkylation sites (tertiary alicyclic amines) is 1. The Labute approximate surface area is 98.1 Å². The van der Waals surface area contributed by atoms with Gasteiger partial charge in [-0.1, -0.05) is 0 Å². The lowest BCUT2D eigenvalue weighted by atomic mass is 9.87. The molecule has 0 unspecified atom stereocenters. The molecule has 4 nitrogen and oxygen atoms in total. The third-order valence-corrected chi connectivity index (χ3v) is 3.04. The molecule has 0 aromatic carbocycles. The average Bonchev–Trinajstić information content (AvgIpc) is 2.27. The van der Waals surface area contributed by atoms with E-state index < -0.39 is 24.2 Å². The zero-order valence-electron chi connectivity index (χ0n) is 9.93. The molecule has 1 fully saturated rings. The van der Waals surface area contributed by atoms with Crippen LogP contribution < -0.4 is 5.32 Å². The second-order valence-corrected chi connectivity index (χ2v) is 4.35. The molecule has 1 N–H and O–H groups in total. The SMILES string of the molecule is COC(=O)C1(NCC(F)(F)F)CCN(C)CC1. The predicted octanol–water partition coefficient (Wildman–Crippen LogP) is 0.776. The predicted molar refractivity (Wildman–Crippen MR) is 55.5 cm³/mol. The molecule has 1 rings (SSSR count). The maximum Gasteiger partial charge on any atom is 0.401 e. The van der Waals surface area contributed by atoms with Gasteiger partial charge in [0.2, 0.25) is 0 Å². The molecule has 1 aliphatic heterocycles. The number of nitrogens with zero attached hydrogens (tertiary/aromatic N) is 1. The molecule has 0 amide bonds. The van der Waals surface area contributed by atoms with Crippen molar-refractivity contribution in [2.24, 2.45) is 0 Å². The molecule has 0 aromatic heterocycles. The minimum atomic E-state index is -4.33. The van der Waals surface area contributed by atoms with Crippen molar-refractivity contribution < 1.29 is 22.7 Å². The quantitative estimate of drug-likeness (QED) is 0.756. The summed E-state index contributed by atoms with van der Waals surface area (Å²) in [6.45, 7) is -0.0360. The van der Waals surface area contributed by atoms with Gasteiger partial charge in [0.05, 0.1) is 13.7 Å². The molecule has 1 heterocycles. The minimum absolute atomic E-state index is 0.326. The molecular formula is C10H17F3N2O2. The van der Waals surface area contributed by atoms with Gasteiger partial charge in [-0.25, -0.2) is 0 Å². The van der Waals surface area contributed by atoms with Crippen LogP contribution in [0.15, 0.2) is 0 Å². The summed E-state index contributed by atoms with van der Waals surface area (Å²) in [6, 6.07) is 0. The van der Waals surface area contributed by atoms with Crippen LogP contribution in [0.4, 0.5) is 13.2 Å². The van der Waals surface area contributed by atoms with Gasteiger partial charge in [0, 0.05) is 13.1 Å². The number of carbonyl (C=O) groups is 1. The van der Waals surface area contributed by atoms with Gasteiger partial charge in [-0.05, 0) is 19.9 Å². The topological polar surface area (TPSA) is 41.6 Å². The molecule has 0 radical (unpaired) electrons. The average molecular weight is 254 g/mol. The lowest BCUT2D eigenvalue weighted by Crippen LogP contribution is -2.60. The van der Waals surface area contributed by atoms with Gasteiger partial charge in [-0.15, -0.1) is 0 Å². The highest BCUT2D eigenvalue weighted by Gasteiger charge is 2.44. The third kappa shape index (κ3) is 3.85. The fourth-order valence-corrected chi connectivity index (χ4v) is 1.92. The molecule has 0 aromatic rings. The summed E-state index contributed by atoms with van der Waals surface area (Å²) in [4.78, 5) is 13.6. The van der Waals surface area contributed by atoms with Crippen molar-refractivity contribution in [2.45, 2.75) is 24.6 Å². The number of ether oxygens (including phenoxy) is 1. The molecule has 1 aliphatic rings. The van der Waals surface area contributed by atoms with Crippen LogP contribution in [-0.2, 0) is 9.53 Å². The number of methoxy groups -OCH3 is 1. The smallest absolute Gasteiger partial charge is 0.401 e. The summed E-state index contributed by atoms with van der Waals surface area (Å²) in [5, 5.41) is 2.32. The number of hydrogen-bond acceptors (Lipinski definition) is 4. The maximum atomic E-state index is 12.2. The molecule has 0 aliphatic carbocycles. The number of hydrogen-bond donors (Lipinski definition) is 1. The lowest BCUT2D eigenvalue weighted by molar-refractivity contribution is -0.156. The summed E-state index contributed by atoms with van der Waals surface area (Å²) >= 11 is 0. The highest BCUT2D eigenvalue weighted by atomic mass is 19.4. The van der Waals surface area contributed by atoms with E-state index in [0.29, 0.717) is 25.9 Å². The fraction of sp³-hybridized carbons (Fsp3) is 0.900. The highest BCUT2D eigenvalue weighted by Crippen LogP contribution is 2.25. The van der Waals surface area contributed by atoms with Gasteiger partial charge in [-0.2, -0.15) is 13.2 Å². The largest absolute Gasteiger partial charge is 0.468 e. The fourth-order valence-electron chi connectivity index (χ4n) is 1.92. The molecule has 0 saturated carbocycles. The zero-order valence-corrected chi connectivity index (χ0v) is 9.93. The number of carbonyl (C=O) groups excluding carboxylic acids is 1. The van der Waals surface area contributed by atoms with Crippen LogP contribution in [0.2, 0.25) is 0 Å². The lowest BCUT2D eigenvalue weighted by Gasteiger charge is -2.39. The van der Waals surface area contributed by atoms with Crippen molar-refractivity contribution in [2.75, 3.05) is 33.8 Å². The first-order valence-corrected chi connectivity index (χ1v) is 5.38. The second kappa shape index (κ2) is 5.22. The number of esters is 1. The first-order valence-electron chi connectivity index (χ1n) is 5.38. The zero-order chi connectivity index (χ0) is 13.1. The summed E-state index contributed by atoms with van der Waals surface area (Å²) in [5.41, 5.74) is -1.20. The van der Waals surface area contributed by atoms with Crippen LogP contribution in [0.3, 0.4) is 0 Å². The van der Waals surface area contributed by atoms with Crippen LogP contribution in [0.1, 0.15) is 12.8 Å². The number of rotatable bonds is 3. The molecular weight excluding hydrogens is 237 g/mol. The Bertz CT molecular complexity index is 273. The Kier molecular flexibility index (Phi) is 4.37. The Morgan fingerprint density at radius 3 is 2.35 bits per heavy atom.